The molecule has 5 nitrogen and oxygen atoms in total. The minimum absolute atomic E-state index is 0.0669. The number of ether oxygens (including phenoxy) is 3. The molecule has 6 heteroatoms. The topological polar surface area (TPSA) is 48.0 Å². The van der Waals surface area contributed by atoms with Crippen LogP contribution in [-0.2, 0) is 11.3 Å². The van der Waals surface area contributed by atoms with E-state index in [1.54, 1.807) is 30.6 Å². The van der Waals surface area contributed by atoms with E-state index in [1.807, 2.05) is 23.6 Å². The normalized spacial score (nSPS) is 18.0. The lowest BCUT2D eigenvalue weighted by molar-refractivity contribution is 0.0823. The number of ketones is 1. The second-order valence-corrected chi connectivity index (χ2v) is 7.03. The molecule has 0 atom stereocenters. The highest BCUT2D eigenvalue weighted by Crippen LogP contribution is 2.42. The van der Waals surface area contributed by atoms with Crippen LogP contribution in [0.2, 0.25) is 0 Å². The highest BCUT2D eigenvalue weighted by atomic mass is 32.1. The largest absolute Gasteiger partial charge is 0.478 e. The Labute approximate surface area is 150 Å². The molecule has 25 heavy (non-hydrogen) atoms. The Morgan fingerprint density at radius 3 is 3.08 bits per heavy atom. The number of fused-ring (bicyclic) bond motifs is 3. The van der Waals surface area contributed by atoms with Crippen molar-refractivity contribution in [1.82, 2.24) is 4.90 Å². The lowest BCUT2D eigenvalue weighted by Crippen LogP contribution is -2.33. The van der Waals surface area contributed by atoms with Crippen LogP contribution in [0.15, 0.2) is 35.4 Å². The predicted octanol–water partition coefficient (Wildman–Crippen LogP) is 3.55. The molecule has 0 saturated heterocycles. The van der Waals surface area contributed by atoms with Crippen molar-refractivity contribution in [1.29, 1.82) is 0 Å². The minimum atomic E-state index is -0.0669. The number of carbonyl (C=O) groups excluding carboxylic acids is 1. The highest BCUT2D eigenvalue weighted by molar-refractivity contribution is 7.10. The lowest BCUT2D eigenvalue weighted by Gasteiger charge is -2.29. The van der Waals surface area contributed by atoms with Gasteiger partial charge in [0.2, 0.25) is 5.78 Å². The van der Waals surface area contributed by atoms with Crippen molar-refractivity contribution in [3.63, 3.8) is 0 Å². The number of Topliss-reactive ketones (excluding diaryl/α,β-unsaturated/α-hetero) is 1. The number of benzene rings is 1. The summed E-state index contributed by atoms with van der Waals surface area (Å²) in [6.45, 7) is 2.85. The highest BCUT2D eigenvalue weighted by Gasteiger charge is 2.33. The maximum atomic E-state index is 12.6. The van der Waals surface area contributed by atoms with E-state index in [-0.39, 0.29) is 5.78 Å². The number of rotatable bonds is 5. The first-order chi connectivity index (χ1) is 12.3. The van der Waals surface area contributed by atoms with Gasteiger partial charge in [-0.25, -0.2) is 0 Å². The van der Waals surface area contributed by atoms with Gasteiger partial charge in [0.15, 0.2) is 5.76 Å². The van der Waals surface area contributed by atoms with Crippen LogP contribution in [0.1, 0.15) is 27.2 Å². The zero-order valence-electron chi connectivity index (χ0n) is 14.0. The molecule has 1 aromatic heterocycles. The van der Waals surface area contributed by atoms with Crippen LogP contribution >= 0.6 is 11.3 Å². The summed E-state index contributed by atoms with van der Waals surface area (Å²) >= 11 is 1.58. The Morgan fingerprint density at radius 1 is 1.36 bits per heavy atom. The molecule has 2 aliphatic heterocycles. The molecule has 130 valence electrons. The maximum Gasteiger partial charge on any atom is 0.232 e. The zero-order chi connectivity index (χ0) is 17.2. The van der Waals surface area contributed by atoms with Gasteiger partial charge in [-0.05, 0) is 30.0 Å². The summed E-state index contributed by atoms with van der Waals surface area (Å²) in [5, 5.41) is 1.98. The average molecular weight is 357 g/mol. The minimum Gasteiger partial charge on any atom is -0.478 e. The summed E-state index contributed by atoms with van der Waals surface area (Å²) < 4.78 is 16.9. The molecular formula is C19H19NO4S. The Bertz CT molecular complexity index is 813. The summed E-state index contributed by atoms with van der Waals surface area (Å²) in [6, 6.07) is 7.59. The molecule has 0 fully saturated rings. The molecule has 0 aliphatic carbocycles. The number of nitrogens with zero attached hydrogens (tertiary/aromatic N) is 1. The van der Waals surface area contributed by atoms with Gasteiger partial charge in [0.25, 0.3) is 0 Å². The van der Waals surface area contributed by atoms with E-state index in [0.717, 1.165) is 35.8 Å². The van der Waals surface area contributed by atoms with Crippen molar-refractivity contribution in [3.05, 3.63) is 51.4 Å². The van der Waals surface area contributed by atoms with Gasteiger partial charge in [-0.2, -0.15) is 0 Å². The van der Waals surface area contributed by atoms with E-state index < -0.39 is 0 Å². The Morgan fingerprint density at radius 2 is 2.28 bits per heavy atom. The van der Waals surface area contributed by atoms with Crippen LogP contribution in [0, 0.1) is 0 Å². The first-order valence-corrected chi connectivity index (χ1v) is 9.12. The first kappa shape index (κ1) is 16.3. The number of allylic oxidation sites excluding steroid dienone is 1. The molecule has 2 aromatic rings. The zero-order valence-corrected chi connectivity index (χ0v) is 14.8. The third kappa shape index (κ3) is 3.20. The molecule has 0 unspecified atom stereocenters. The van der Waals surface area contributed by atoms with Gasteiger partial charge in [-0.3, -0.25) is 9.69 Å². The van der Waals surface area contributed by atoms with Gasteiger partial charge < -0.3 is 14.2 Å². The van der Waals surface area contributed by atoms with Crippen LogP contribution in [0.3, 0.4) is 0 Å². The second kappa shape index (κ2) is 7.00. The van der Waals surface area contributed by atoms with Gasteiger partial charge >= 0.3 is 0 Å². The average Bonchev–Trinajstić information content (AvgIpc) is 3.24. The molecule has 4 rings (SSSR count). The quantitative estimate of drug-likeness (QED) is 0.605. The van der Waals surface area contributed by atoms with E-state index in [4.69, 9.17) is 14.2 Å². The number of carbonyl (C=O) groups is 1. The molecule has 0 amide bonds. The molecule has 0 N–H and O–H groups in total. The Kier molecular flexibility index (Phi) is 4.57. The van der Waals surface area contributed by atoms with Crippen LogP contribution in [0.25, 0.3) is 6.08 Å². The summed E-state index contributed by atoms with van der Waals surface area (Å²) in [5.41, 5.74) is 1.56. The molecule has 0 spiro atoms. The molecule has 0 radical (unpaired) electrons. The molecule has 0 saturated carbocycles. The standard InChI is InChI=1S/C19H19NO4S/c1-22-8-3-7-20-11-15-16(23-12-20)6-5-14-18(21)17(24-19(14)15)10-13-4-2-9-25-13/h2,4-6,9-10H,3,7-8,11-12H2,1H3/b17-10-. The van der Waals surface area contributed by atoms with E-state index in [2.05, 4.69) is 4.90 Å². The molecule has 1 aromatic carbocycles. The lowest BCUT2D eigenvalue weighted by atomic mass is 10.0. The maximum absolute atomic E-state index is 12.6. The third-order valence-electron chi connectivity index (χ3n) is 4.32. The van der Waals surface area contributed by atoms with Gasteiger partial charge in [0.05, 0.1) is 11.1 Å². The molecule has 2 aliphatic rings. The van der Waals surface area contributed by atoms with Crippen molar-refractivity contribution in [2.24, 2.45) is 0 Å². The summed E-state index contributed by atoms with van der Waals surface area (Å²) in [7, 11) is 1.70. The monoisotopic (exact) mass is 357 g/mol. The first-order valence-electron chi connectivity index (χ1n) is 8.24. The van der Waals surface area contributed by atoms with E-state index in [0.29, 0.717) is 30.3 Å². The van der Waals surface area contributed by atoms with Gasteiger partial charge in [-0.15, -0.1) is 11.3 Å². The molecular weight excluding hydrogens is 338 g/mol. The predicted molar refractivity (Wildman–Crippen MR) is 96.1 cm³/mol. The van der Waals surface area contributed by atoms with Crippen LogP contribution in [0.5, 0.6) is 11.5 Å². The van der Waals surface area contributed by atoms with Crippen molar-refractivity contribution in [2.75, 3.05) is 27.0 Å². The van der Waals surface area contributed by atoms with Crippen LogP contribution in [0.4, 0.5) is 0 Å². The summed E-state index contributed by atoms with van der Waals surface area (Å²) in [4.78, 5) is 15.8. The fraction of sp³-hybridized carbons (Fsp3) is 0.316. The van der Waals surface area contributed by atoms with E-state index >= 15 is 0 Å². The van der Waals surface area contributed by atoms with Gasteiger partial charge in [-0.1, -0.05) is 6.07 Å². The number of hydrogen-bond donors (Lipinski definition) is 0. The number of thiophene rings is 1. The fourth-order valence-electron chi connectivity index (χ4n) is 3.08. The number of methoxy groups -OCH3 is 1. The van der Waals surface area contributed by atoms with Crippen molar-refractivity contribution >= 4 is 23.2 Å². The molecule has 3 heterocycles. The number of hydrogen-bond acceptors (Lipinski definition) is 6. The summed E-state index contributed by atoms with van der Waals surface area (Å²) in [5.74, 6) is 1.75. The third-order valence-corrected chi connectivity index (χ3v) is 5.14. The van der Waals surface area contributed by atoms with Crippen molar-refractivity contribution in [3.8, 4) is 11.5 Å². The van der Waals surface area contributed by atoms with E-state index in [1.165, 1.54) is 0 Å². The SMILES string of the molecule is COCCCN1COc2ccc3c(c2C1)O/C(=C\c1cccs1)C3=O. The van der Waals surface area contributed by atoms with Crippen molar-refractivity contribution in [2.45, 2.75) is 13.0 Å². The fourth-order valence-corrected chi connectivity index (χ4v) is 3.73. The van der Waals surface area contributed by atoms with Gasteiger partial charge in [0, 0.05) is 37.8 Å². The molecule has 0 bridgehead atoms. The Balaban J connectivity index is 1.59. The van der Waals surface area contributed by atoms with Crippen LogP contribution < -0.4 is 9.47 Å². The smallest absolute Gasteiger partial charge is 0.232 e. The van der Waals surface area contributed by atoms with Crippen LogP contribution in [-0.4, -0.2) is 37.7 Å². The van der Waals surface area contributed by atoms with Gasteiger partial charge in [0.1, 0.15) is 18.2 Å². The van der Waals surface area contributed by atoms with Crippen molar-refractivity contribution < 1.29 is 19.0 Å². The summed E-state index contributed by atoms with van der Waals surface area (Å²) in [6.07, 6.45) is 2.74. The second-order valence-electron chi connectivity index (χ2n) is 6.05. The van der Waals surface area contributed by atoms with E-state index in [9.17, 15) is 4.79 Å². The Hall–Kier alpha value is -2.15.